The highest BCUT2D eigenvalue weighted by Crippen LogP contribution is 2.36. The summed E-state index contributed by atoms with van der Waals surface area (Å²) in [6.45, 7) is 0. The third-order valence-corrected chi connectivity index (χ3v) is 2.39. The first-order valence-electron chi connectivity index (χ1n) is 4.85. The lowest BCUT2D eigenvalue weighted by atomic mass is 10.3. The Labute approximate surface area is 86.1 Å². The van der Waals surface area contributed by atoms with Gasteiger partial charge in [0.2, 0.25) is 5.82 Å². The predicted molar refractivity (Wildman–Crippen MR) is 53.7 cm³/mol. The summed E-state index contributed by atoms with van der Waals surface area (Å²) in [5, 5.41) is 11.6. The summed E-state index contributed by atoms with van der Waals surface area (Å²) >= 11 is 0. The van der Waals surface area contributed by atoms with Crippen LogP contribution in [-0.2, 0) is 0 Å². The van der Waals surface area contributed by atoms with E-state index in [-0.39, 0.29) is 0 Å². The summed E-state index contributed by atoms with van der Waals surface area (Å²) in [5.74, 6) is 1.18. The number of aromatic nitrogens is 5. The second-order valence-electron chi connectivity index (χ2n) is 3.63. The van der Waals surface area contributed by atoms with Crippen LogP contribution in [0.3, 0.4) is 0 Å². The van der Waals surface area contributed by atoms with Gasteiger partial charge in [-0.1, -0.05) is 6.07 Å². The van der Waals surface area contributed by atoms with E-state index in [1.165, 1.54) is 0 Å². The zero-order chi connectivity index (χ0) is 10.3. The zero-order valence-corrected chi connectivity index (χ0v) is 8.04. The number of pyridine rings is 1. The molecule has 0 aromatic carbocycles. The van der Waals surface area contributed by atoms with E-state index in [0.717, 1.165) is 18.5 Å². The van der Waals surface area contributed by atoms with Crippen LogP contribution in [0.1, 0.15) is 18.9 Å². The van der Waals surface area contributed by atoms with Gasteiger partial charge in [-0.05, 0) is 35.4 Å². The van der Waals surface area contributed by atoms with Gasteiger partial charge in [0.1, 0.15) is 11.5 Å². The monoisotopic (exact) mass is 202 g/mol. The second-order valence-corrected chi connectivity index (χ2v) is 3.63. The summed E-state index contributed by atoms with van der Waals surface area (Å²) in [7, 11) is 0. The lowest BCUT2D eigenvalue weighted by Crippen LogP contribution is -2.01. The van der Waals surface area contributed by atoms with Crippen molar-refractivity contribution >= 4 is 5.82 Å². The van der Waals surface area contributed by atoms with Crippen LogP contribution in [0.4, 0.5) is 5.82 Å². The van der Waals surface area contributed by atoms with Crippen LogP contribution in [0.2, 0.25) is 0 Å². The molecule has 0 unspecified atom stereocenters. The van der Waals surface area contributed by atoms with Crippen molar-refractivity contribution in [2.45, 2.75) is 18.9 Å². The van der Waals surface area contributed by atoms with Gasteiger partial charge in [-0.3, -0.25) is 0 Å². The van der Waals surface area contributed by atoms with Crippen LogP contribution in [0, 0.1) is 0 Å². The number of hydrogen-bond donors (Lipinski definition) is 1. The number of nitrogens with two attached hydrogens (primary N) is 1. The van der Waals surface area contributed by atoms with E-state index in [9.17, 15) is 0 Å². The van der Waals surface area contributed by atoms with E-state index < -0.39 is 0 Å². The molecule has 6 nitrogen and oxygen atoms in total. The molecule has 0 bridgehead atoms. The fraction of sp³-hybridized carbons (Fsp3) is 0.333. The Morgan fingerprint density at radius 2 is 2.20 bits per heavy atom. The van der Waals surface area contributed by atoms with Crippen molar-refractivity contribution in [3.8, 4) is 11.5 Å². The highest BCUT2D eigenvalue weighted by molar-refractivity contribution is 5.51. The molecule has 0 atom stereocenters. The molecule has 6 heteroatoms. The minimum absolute atomic E-state index is 0.443. The van der Waals surface area contributed by atoms with E-state index in [1.807, 2.05) is 16.8 Å². The Bertz CT molecular complexity index is 487. The number of tetrazole rings is 1. The Morgan fingerprint density at radius 1 is 1.33 bits per heavy atom. The maximum absolute atomic E-state index is 5.62. The van der Waals surface area contributed by atoms with Crippen LogP contribution in [0.15, 0.2) is 18.2 Å². The van der Waals surface area contributed by atoms with Gasteiger partial charge in [0.05, 0.1) is 6.04 Å². The first-order valence-corrected chi connectivity index (χ1v) is 4.85. The molecule has 2 aromatic heterocycles. The highest BCUT2D eigenvalue weighted by atomic mass is 15.6. The van der Waals surface area contributed by atoms with Crippen molar-refractivity contribution in [1.82, 2.24) is 25.2 Å². The lowest BCUT2D eigenvalue weighted by molar-refractivity contribution is 0.614. The maximum atomic E-state index is 5.62. The van der Waals surface area contributed by atoms with Gasteiger partial charge < -0.3 is 5.73 Å². The molecule has 3 rings (SSSR count). The van der Waals surface area contributed by atoms with Crippen molar-refractivity contribution < 1.29 is 0 Å². The predicted octanol–water partition coefficient (Wildman–Crippen LogP) is 0.652. The Morgan fingerprint density at radius 3 is 2.93 bits per heavy atom. The molecule has 2 heterocycles. The number of nitrogens with zero attached hydrogens (tertiary/aromatic N) is 5. The average Bonchev–Trinajstić information content (AvgIpc) is 2.96. The molecule has 76 valence electrons. The highest BCUT2D eigenvalue weighted by Gasteiger charge is 2.28. The van der Waals surface area contributed by atoms with Crippen molar-refractivity contribution in [3.05, 3.63) is 18.2 Å². The molecule has 1 fully saturated rings. The molecule has 0 radical (unpaired) electrons. The first-order chi connectivity index (χ1) is 7.34. The van der Waals surface area contributed by atoms with Crippen LogP contribution >= 0.6 is 0 Å². The van der Waals surface area contributed by atoms with E-state index in [0.29, 0.717) is 17.7 Å². The normalized spacial score (nSPS) is 15.5. The topological polar surface area (TPSA) is 82.5 Å². The van der Waals surface area contributed by atoms with E-state index in [1.54, 1.807) is 6.07 Å². The van der Waals surface area contributed by atoms with Crippen molar-refractivity contribution in [1.29, 1.82) is 0 Å². The molecule has 0 amide bonds. The van der Waals surface area contributed by atoms with E-state index >= 15 is 0 Å². The molecule has 2 N–H and O–H groups in total. The van der Waals surface area contributed by atoms with Gasteiger partial charge in [0, 0.05) is 0 Å². The Hall–Kier alpha value is -1.98. The van der Waals surface area contributed by atoms with Crippen LogP contribution in [0.25, 0.3) is 11.5 Å². The molecule has 1 aliphatic rings. The summed E-state index contributed by atoms with van der Waals surface area (Å²) < 4.78 is 1.82. The van der Waals surface area contributed by atoms with Crippen LogP contribution < -0.4 is 5.73 Å². The van der Waals surface area contributed by atoms with Crippen LogP contribution in [0.5, 0.6) is 0 Å². The molecule has 0 aliphatic heterocycles. The van der Waals surface area contributed by atoms with Gasteiger partial charge in [-0.2, -0.15) is 0 Å². The van der Waals surface area contributed by atoms with E-state index in [2.05, 4.69) is 20.5 Å². The number of hydrogen-bond acceptors (Lipinski definition) is 5. The first kappa shape index (κ1) is 8.34. The maximum Gasteiger partial charge on any atom is 0.201 e. The summed E-state index contributed by atoms with van der Waals surface area (Å²) in [6, 6.07) is 5.90. The van der Waals surface area contributed by atoms with Crippen LogP contribution in [-0.4, -0.2) is 25.2 Å². The summed E-state index contributed by atoms with van der Waals surface area (Å²) in [6.07, 6.45) is 2.28. The SMILES string of the molecule is Nc1cccc(-c2nnnn2C2CC2)n1. The quantitative estimate of drug-likeness (QED) is 0.773. The minimum atomic E-state index is 0.443. The molecule has 2 aromatic rings. The van der Waals surface area contributed by atoms with Gasteiger partial charge >= 0.3 is 0 Å². The van der Waals surface area contributed by atoms with Crippen molar-refractivity contribution in [2.24, 2.45) is 0 Å². The van der Waals surface area contributed by atoms with Crippen molar-refractivity contribution in [3.63, 3.8) is 0 Å². The number of nitrogen functional groups attached to an aromatic ring is 1. The molecular weight excluding hydrogens is 192 g/mol. The molecule has 0 spiro atoms. The third-order valence-electron chi connectivity index (χ3n) is 2.39. The largest absolute Gasteiger partial charge is 0.384 e. The fourth-order valence-electron chi connectivity index (χ4n) is 1.50. The minimum Gasteiger partial charge on any atom is -0.384 e. The number of rotatable bonds is 2. The smallest absolute Gasteiger partial charge is 0.201 e. The summed E-state index contributed by atoms with van der Waals surface area (Å²) in [4.78, 5) is 4.20. The Balaban J connectivity index is 2.07. The third kappa shape index (κ3) is 1.43. The molecule has 0 saturated heterocycles. The number of anilines is 1. The van der Waals surface area contributed by atoms with Gasteiger partial charge in [0.25, 0.3) is 0 Å². The average molecular weight is 202 g/mol. The van der Waals surface area contributed by atoms with E-state index in [4.69, 9.17) is 5.73 Å². The van der Waals surface area contributed by atoms with Crippen molar-refractivity contribution in [2.75, 3.05) is 5.73 Å². The zero-order valence-electron chi connectivity index (χ0n) is 8.04. The van der Waals surface area contributed by atoms with Gasteiger partial charge in [-0.15, -0.1) is 5.10 Å². The van der Waals surface area contributed by atoms with Gasteiger partial charge in [0.15, 0.2) is 0 Å². The standard InChI is InChI=1S/C9H10N6/c10-8-3-1-2-7(11-8)9-12-13-14-15(9)6-4-5-6/h1-3,6H,4-5H2,(H2,10,11). The molecule has 1 saturated carbocycles. The molecule has 15 heavy (non-hydrogen) atoms. The molecule has 1 aliphatic carbocycles. The lowest BCUT2D eigenvalue weighted by Gasteiger charge is -2.01. The second kappa shape index (κ2) is 3.01. The fourth-order valence-corrected chi connectivity index (χ4v) is 1.50. The Kier molecular flexibility index (Phi) is 1.67. The summed E-state index contributed by atoms with van der Waals surface area (Å²) in [5.41, 5.74) is 6.35. The van der Waals surface area contributed by atoms with Gasteiger partial charge in [-0.25, -0.2) is 9.67 Å². The molecular formula is C9H10N6.